The van der Waals surface area contributed by atoms with Gasteiger partial charge in [0.25, 0.3) is 5.91 Å². The Balaban J connectivity index is 1.80. The van der Waals surface area contributed by atoms with E-state index >= 15 is 0 Å². The van der Waals surface area contributed by atoms with Crippen molar-refractivity contribution in [2.45, 2.75) is 13.2 Å². The monoisotopic (exact) mass is 394 g/mol. The lowest BCUT2D eigenvalue weighted by Crippen LogP contribution is -2.35. The highest BCUT2D eigenvalue weighted by Gasteiger charge is 2.20. The molecule has 3 rings (SSSR count). The molecule has 0 saturated carbocycles. The van der Waals surface area contributed by atoms with Gasteiger partial charge < -0.3 is 15.4 Å². The molecule has 3 aromatic carbocycles. The summed E-state index contributed by atoms with van der Waals surface area (Å²) >= 11 is 6.27. The maximum absolute atomic E-state index is 13.2. The third-order valence-corrected chi connectivity index (χ3v) is 4.73. The molecule has 0 aliphatic rings. The first-order chi connectivity index (χ1) is 13.7. The van der Waals surface area contributed by atoms with Crippen molar-refractivity contribution in [2.75, 3.05) is 13.1 Å². The molecule has 0 aliphatic carbocycles. The van der Waals surface area contributed by atoms with Gasteiger partial charge in [0.05, 0.1) is 5.56 Å². The minimum absolute atomic E-state index is 0.131. The summed E-state index contributed by atoms with van der Waals surface area (Å²) in [5.74, 6) is 0.423. The van der Waals surface area contributed by atoms with Crippen LogP contribution in [0, 0.1) is 0 Å². The zero-order valence-corrected chi connectivity index (χ0v) is 16.3. The average Bonchev–Trinajstić information content (AvgIpc) is 2.74. The Morgan fingerprint density at radius 3 is 2.36 bits per heavy atom. The Morgan fingerprint density at radius 1 is 0.929 bits per heavy atom. The average molecular weight is 395 g/mol. The SMILES string of the molecule is NCCN(Cc1ccccc1Cl)C(=O)c1ccccc1OCc1ccccc1. The molecule has 0 fully saturated rings. The van der Waals surface area contributed by atoms with Gasteiger partial charge >= 0.3 is 0 Å². The predicted molar refractivity (Wildman–Crippen MR) is 112 cm³/mol. The smallest absolute Gasteiger partial charge is 0.257 e. The zero-order valence-electron chi connectivity index (χ0n) is 15.6. The Hall–Kier alpha value is -2.82. The van der Waals surface area contributed by atoms with Crippen LogP contribution in [0.5, 0.6) is 5.75 Å². The number of carbonyl (C=O) groups is 1. The molecule has 4 nitrogen and oxygen atoms in total. The lowest BCUT2D eigenvalue weighted by molar-refractivity contribution is 0.0743. The van der Waals surface area contributed by atoms with Crippen molar-refractivity contribution >= 4 is 17.5 Å². The van der Waals surface area contributed by atoms with Crippen LogP contribution in [0.25, 0.3) is 0 Å². The van der Waals surface area contributed by atoms with E-state index in [0.717, 1.165) is 11.1 Å². The van der Waals surface area contributed by atoms with Crippen LogP contribution in [-0.4, -0.2) is 23.9 Å². The Bertz CT molecular complexity index is 915. The maximum atomic E-state index is 13.2. The first-order valence-corrected chi connectivity index (χ1v) is 9.55. The maximum Gasteiger partial charge on any atom is 0.257 e. The van der Waals surface area contributed by atoms with Gasteiger partial charge in [-0.3, -0.25) is 4.79 Å². The van der Waals surface area contributed by atoms with Gasteiger partial charge in [-0.15, -0.1) is 0 Å². The van der Waals surface area contributed by atoms with E-state index in [0.29, 0.717) is 42.6 Å². The second kappa shape index (κ2) is 9.93. The van der Waals surface area contributed by atoms with Crippen LogP contribution in [0.4, 0.5) is 0 Å². The highest BCUT2D eigenvalue weighted by molar-refractivity contribution is 6.31. The molecule has 1 amide bonds. The molecule has 0 radical (unpaired) electrons. The van der Waals surface area contributed by atoms with Crippen molar-refractivity contribution in [2.24, 2.45) is 5.73 Å². The van der Waals surface area contributed by atoms with E-state index in [2.05, 4.69) is 0 Å². The van der Waals surface area contributed by atoms with E-state index in [1.807, 2.05) is 72.8 Å². The molecular weight excluding hydrogens is 372 g/mol. The summed E-state index contributed by atoms with van der Waals surface area (Å²) in [7, 11) is 0. The number of nitrogens with two attached hydrogens (primary N) is 1. The summed E-state index contributed by atoms with van der Waals surface area (Å²) in [4.78, 5) is 14.9. The summed E-state index contributed by atoms with van der Waals surface area (Å²) in [6.45, 7) is 1.58. The van der Waals surface area contributed by atoms with Crippen molar-refractivity contribution in [1.82, 2.24) is 4.90 Å². The van der Waals surface area contributed by atoms with E-state index in [-0.39, 0.29) is 5.91 Å². The summed E-state index contributed by atoms with van der Waals surface area (Å²) in [6, 6.07) is 24.6. The van der Waals surface area contributed by atoms with Crippen LogP contribution >= 0.6 is 11.6 Å². The summed E-state index contributed by atoms with van der Waals surface area (Å²) in [6.07, 6.45) is 0. The van der Waals surface area contributed by atoms with Gasteiger partial charge in [0.1, 0.15) is 12.4 Å². The molecule has 0 spiro atoms. The van der Waals surface area contributed by atoms with Crippen molar-refractivity contribution in [3.63, 3.8) is 0 Å². The van der Waals surface area contributed by atoms with Crippen LogP contribution in [0.2, 0.25) is 5.02 Å². The molecule has 2 N–H and O–H groups in total. The summed E-state index contributed by atoms with van der Waals surface area (Å²) in [5, 5.41) is 0.630. The topological polar surface area (TPSA) is 55.6 Å². The number of hydrogen-bond acceptors (Lipinski definition) is 3. The van der Waals surface area contributed by atoms with Crippen molar-refractivity contribution < 1.29 is 9.53 Å². The molecule has 0 aliphatic heterocycles. The van der Waals surface area contributed by atoms with Crippen molar-refractivity contribution in [1.29, 1.82) is 0 Å². The predicted octanol–water partition coefficient (Wildman–Crippen LogP) is 4.52. The fraction of sp³-hybridized carbons (Fsp3) is 0.174. The lowest BCUT2D eigenvalue weighted by Gasteiger charge is -2.24. The molecule has 144 valence electrons. The fourth-order valence-electron chi connectivity index (χ4n) is 2.92. The number of amides is 1. The molecule has 0 saturated heterocycles. The van der Waals surface area contributed by atoms with Crippen LogP contribution in [0.15, 0.2) is 78.9 Å². The van der Waals surface area contributed by atoms with Gasteiger partial charge in [-0.1, -0.05) is 72.3 Å². The van der Waals surface area contributed by atoms with E-state index in [1.54, 1.807) is 11.0 Å². The first kappa shape index (κ1) is 19.9. The number of halogens is 1. The standard InChI is InChI=1S/C23H23ClN2O2/c24-21-12-6-4-10-19(21)16-26(15-14-25)23(27)20-11-5-7-13-22(20)28-17-18-8-2-1-3-9-18/h1-13H,14-17,25H2. The highest BCUT2D eigenvalue weighted by atomic mass is 35.5. The zero-order chi connectivity index (χ0) is 19.8. The van der Waals surface area contributed by atoms with Gasteiger partial charge in [0.2, 0.25) is 0 Å². The minimum atomic E-state index is -0.131. The number of benzene rings is 3. The quantitative estimate of drug-likeness (QED) is 0.611. The van der Waals surface area contributed by atoms with Gasteiger partial charge in [0, 0.05) is 24.7 Å². The van der Waals surface area contributed by atoms with E-state index < -0.39 is 0 Å². The van der Waals surface area contributed by atoms with Gasteiger partial charge in [0.15, 0.2) is 0 Å². The summed E-state index contributed by atoms with van der Waals surface area (Å²) in [5.41, 5.74) is 8.19. The number of hydrogen-bond donors (Lipinski definition) is 1. The van der Waals surface area contributed by atoms with E-state index in [9.17, 15) is 4.79 Å². The van der Waals surface area contributed by atoms with Crippen LogP contribution in [0.1, 0.15) is 21.5 Å². The van der Waals surface area contributed by atoms with Crippen molar-refractivity contribution in [3.8, 4) is 5.75 Å². The first-order valence-electron chi connectivity index (χ1n) is 9.17. The number of ether oxygens (including phenoxy) is 1. The van der Waals surface area contributed by atoms with E-state index in [1.165, 1.54) is 0 Å². The number of nitrogens with zero attached hydrogens (tertiary/aromatic N) is 1. The van der Waals surface area contributed by atoms with Gasteiger partial charge in [-0.05, 0) is 29.3 Å². The fourth-order valence-corrected chi connectivity index (χ4v) is 3.11. The molecular formula is C23H23ClN2O2. The number of carbonyl (C=O) groups excluding carboxylic acids is 1. The number of rotatable bonds is 8. The Morgan fingerprint density at radius 2 is 1.61 bits per heavy atom. The van der Waals surface area contributed by atoms with Crippen LogP contribution < -0.4 is 10.5 Å². The highest BCUT2D eigenvalue weighted by Crippen LogP contribution is 2.23. The Kier molecular flexibility index (Phi) is 7.06. The summed E-state index contributed by atoms with van der Waals surface area (Å²) < 4.78 is 5.94. The second-order valence-electron chi connectivity index (χ2n) is 6.38. The van der Waals surface area contributed by atoms with Gasteiger partial charge in [-0.25, -0.2) is 0 Å². The van der Waals surface area contributed by atoms with Crippen LogP contribution in [0.3, 0.4) is 0 Å². The van der Waals surface area contributed by atoms with E-state index in [4.69, 9.17) is 22.1 Å². The molecule has 0 bridgehead atoms. The van der Waals surface area contributed by atoms with Gasteiger partial charge in [-0.2, -0.15) is 0 Å². The molecule has 0 aromatic heterocycles. The number of para-hydroxylation sites is 1. The Labute approximate surface area is 170 Å². The minimum Gasteiger partial charge on any atom is -0.488 e. The third kappa shape index (κ3) is 5.12. The molecule has 0 heterocycles. The second-order valence-corrected chi connectivity index (χ2v) is 6.78. The normalized spacial score (nSPS) is 10.5. The van der Waals surface area contributed by atoms with Crippen LogP contribution in [-0.2, 0) is 13.2 Å². The lowest BCUT2D eigenvalue weighted by atomic mass is 10.1. The molecule has 0 unspecified atom stereocenters. The molecule has 28 heavy (non-hydrogen) atoms. The molecule has 3 aromatic rings. The molecule has 5 heteroatoms. The van der Waals surface area contributed by atoms with Crippen molar-refractivity contribution in [3.05, 3.63) is 101 Å². The molecule has 0 atom stereocenters. The largest absolute Gasteiger partial charge is 0.488 e. The third-order valence-electron chi connectivity index (χ3n) is 4.36.